The molecule has 0 saturated carbocycles. The predicted octanol–water partition coefficient (Wildman–Crippen LogP) is 4.37. The molecule has 2 heterocycles. The number of fused-ring (bicyclic) bond motifs is 2. The highest BCUT2D eigenvalue weighted by molar-refractivity contribution is 6.09. The minimum absolute atomic E-state index is 0.00106. The smallest absolute Gasteiger partial charge is 0.333 e. The lowest BCUT2D eigenvalue weighted by Crippen LogP contribution is -2.76. The lowest BCUT2D eigenvalue weighted by atomic mass is 9.88. The molecule has 0 atom stereocenters. The standard InChI is InChI=1S/C36H39N3O6/c1-6-37-29-21-31-28(19-24(29)4)35(27-18-22(2)23(3)20-30(27)44-31)25-12-9-10-13-26(25)36(43)38(5)17-11-7-8-14-34(42)45-39-32(40)15-16-33(39)41/h9-10,12-13,18-21H,6-8,11,14-17H2,1-5H3/p+1/i9D,10D,12D,13D,20D,21D. The van der Waals surface area contributed by atoms with Crippen LogP contribution in [-0.4, -0.2) is 53.8 Å². The number of rotatable bonds is 10. The third-order valence-electron chi connectivity index (χ3n) is 7.90. The molecule has 1 fully saturated rings. The van der Waals surface area contributed by atoms with Crippen LogP contribution < -0.4 is 10.3 Å². The zero-order chi connectivity index (χ0) is 37.5. The summed E-state index contributed by atoms with van der Waals surface area (Å²) in [6.07, 6.45) is 1.23. The van der Waals surface area contributed by atoms with Crippen LogP contribution in [0, 0.1) is 20.8 Å². The highest BCUT2D eigenvalue weighted by atomic mass is 16.7. The number of unbranched alkanes of at least 4 members (excludes halogenated alkanes) is 2. The summed E-state index contributed by atoms with van der Waals surface area (Å²) in [6, 6.07) is 1.53. The Hall–Kier alpha value is -4.79. The molecule has 234 valence electrons. The van der Waals surface area contributed by atoms with Gasteiger partial charge < -0.3 is 14.2 Å². The molecule has 2 aromatic carbocycles. The minimum atomic E-state index is -0.716. The quantitative estimate of drug-likeness (QED) is 0.161. The van der Waals surface area contributed by atoms with Crippen molar-refractivity contribution in [2.45, 2.75) is 66.2 Å². The first kappa shape index (κ1) is 24.5. The van der Waals surface area contributed by atoms with Gasteiger partial charge in [0.25, 0.3) is 17.7 Å². The van der Waals surface area contributed by atoms with Gasteiger partial charge in [-0.05, 0) is 81.4 Å². The van der Waals surface area contributed by atoms with Gasteiger partial charge in [-0.25, -0.2) is 9.79 Å². The molecule has 9 nitrogen and oxygen atoms in total. The summed E-state index contributed by atoms with van der Waals surface area (Å²) in [6.45, 7) is 8.01. The molecule has 2 aliphatic heterocycles. The Kier molecular flexibility index (Phi) is 7.34. The molecule has 0 bridgehead atoms. The number of carbonyl (C=O) groups is 4. The summed E-state index contributed by atoms with van der Waals surface area (Å²) in [7, 11) is 1.52. The number of nitrogens with one attached hydrogen (secondary N) is 1. The SMILES string of the molecule is [2H]c1c([2H])c([2H])c(-c2c3cc(C)c(=[NH+]CC)c([2H])c-3oc3c([2H])c(C)c(C)cc23)c(C(=O)N(C)CCCCCC(=O)ON2C(=O)CCC2=O)c1[2H]. The third-order valence-corrected chi connectivity index (χ3v) is 7.90. The summed E-state index contributed by atoms with van der Waals surface area (Å²) in [5.41, 5.74) is 2.49. The number of hydrogen-bond donors (Lipinski definition) is 1. The lowest BCUT2D eigenvalue weighted by Gasteiger charge is -2.22. The second-order valence-electron chi connectivity index (χ2n) is 11.2. The van der Waals surface area contributed by atoms with Crippen molar-refractivity contribution in [2.24, 2.45) is 0 Å². The number of nitrogens with zero attached hydrogens (tertiary/aromatic N) is 2. The van der Waals surface area contributed by atoms with E-state index in [4.69, 9.17) is 17.5 Å². The summed E-state index contributed by atoms with van der Waals surface area (Å²) in [5.74, 6) is -2.39. The summed E-state index contributed by atoms with van der Waals surface area (Å²) >= 11 is 0. The van der Waals surface area contributed by atoms with Crippen molar-refractivity contribution in [3.8, 4) is 22.5 Å². The molecule has 1 saturated heterocycles. The van der Waals surface area contributed by atoms with Crippen LogP contribution in [0.3, 0.4) is 0 Å². The molecule has 0 radical (unpaired) electrons. The van der Waals surface area contributed by atoms with Crippen LogP contribution in [-0.2, 0) is 19.2 Å². The van der Waals surface area contributed by atoms with Gasteiger partial charge in [0.2, 0.25) is 5.36 Å². The van der Waals surface area contributed by atoms with Crippen molar-refractivity contribution in [3.63, 3.8) is 0 Å². The van der Waals surface area contributed by atoms with E-state index in [1.54, 1.807) is 19.1 Å². The van der Waals surface area contributed by atoms with Crippen LogP contribution in [0.2, 0.25) is 0 Å². The number of aryl methyl sites for hydroxylation is 2. The number of hydroxylamine groups is 2. The van der Waals surface area contributed by atoms with Gasteiger partial charge in [-0.2, -0.15) is 0 Å². The van der Waals surface area contributed by atoms with Gasteiger partial charge in [0.05, 0.1) is 14.3 Å². The molecular weight excluding hydrogens is 570 g/mol. The maximum Gasteiger partial charge on any atom is 0.333 e. The van der Waals surface area contributed by atoms with Gasteiger partial charge in [-0.15, -0.1) is 5.06 Å². The molecule has 2 aromatic rings. The van der Waals surface area contributed by atoms with Gasteiger partial charge in [0.15, 0.2) is 0 Å². The fourth-order valence-electron chi connectivity index (χ4n) is 5.32. The van der Waals surface area contributed by atoms with E-state index < -0.39 is 47.9 Å². The maximum absolute atomic E-state index is 14.3. The number of carbonyl (C=O) groups excluding carboxylic acids is 4. The van der Waals surface area contributed by atoms with Crippen molar-refractivity contribution in [3.05, 3.63) is 76.0 Å². The minimum Gasteiger partial charge on any atom is -0.456 e. The average Bonchev–Trinajstić information content (AvgIpc) is 3.41. The molecule has 45 heavy (non-hydrogen) atoms. The second kappa shape index (κ2) is 13.5. The van der Waals surface area contributed by atoms with E-state index in [2.05, 4.69) is 4.99 Å². The van der Waals surface area contributed by atoms with E-state index in [-0.39, 0.29) is 65.9 Å². The van der Waals surface area contributed by atoms with E-state index in [1.807, 2.05) is 20.8 Å². The summed E-state index contributed by atoms with van der Waals surface area (Å²) in [4.78, 5) is 59.3. The van der Waals surface area contributed by atoms with Gasteiger partial charge in [0.1, 0.15) is 17.9 Å². The molecule has 1 aliphatic carbocycles. The molecule has 1 N–H and O–H groups in total. The monoisotopic (exact) mass is 616 g/mol. The maximum atomic E-state index is 14.3. The first-order valence-corrected chi connectivity index (χ1v) is 15.1. The molecule has 9 heteroatoms. The van der Waals surface area contributed by atoms with Gasteiger partial charge in [0, 0.05) is 60.5 Å². The van der Waals surface area contributed by atoms with Crippen molar-refractivity contribution in [1.29, 1.82) is 0 Å². The van der Waals surface area contributed by atoms with Gasteiger partial charge >= 0.3 is 5.97 Å². The number of amides is 3. The Morgan fingerprint density at radius 2 is 1.71 bits per heavy atom. The van der Waals surface area contributed by atoms with Crippen LogP contribution in [0.1, 0.15) is 80.7 Å². The fraction of sp³-hybridized carbons (Fsp3) is 0.361. The molecular formula is C36H40N3O6+. The first-order chi connectivity index (χ1) is 24.1. The van der Waals surface area contributed by atoms with Gasteiger partial charge in [-0.1, -0.05) is 24.5 Å². The summed E-state index contributed by atoms with van der Waals surface area (Å²) < 4.78 is 59.4. The van der Waals surface area contributed by atoms with Crippen molar-refractivity contribution in [2.75, 3.05) is 20.1 Å². The molecule has 5 rings (SSSR count). The van der Waals surface area contributed by atoms with Crippen LogP contribution >= 0.6 is 0 Å². The van der Waals surface area contributed by atoms with E-state index in [1.165, 1.54) is 11.9 Å². The topological polar surface area (TPSA) is 111 Å². The Labute approximate surface area is 271 Å². The third kappa shape index (κ3) is 6.67. The molecule has 3 aliphatic rings. The van der Waals surface area contributed by atoms with Crippen LogP contribution in [0.25, 0.3) is 33.4 Å². The normalized spacial score (nSPS) is 15.6. The number of hydrogen-bond acceptors (Lipinski definition) is 6. The largest absolute Gasteiger partial charge is 0.456 e. The first-order valence-electron chi connectivity index (χ1n) is 18.1. The Morgan fingerprint density at radius 1 is 0.978 bits per heavy atom. The van der Waals surface area contributed by atoms with E-state index in [0.29, 0.717) is 58.3 Å². The second-order valence-corrected chi connectivity index (χ2v) is 11.2. The number of benzene rings is 3. The van der Waals surface area contributed by atoms with Crippen LogP contribution in [0.5, 0.6) is 0 Å². The molecule has 0 spiro atoms. The molecule has 3 amide bonds. The number of imide groups is 1. The fourth-order valence-corrected chi connectivity index (χ4v) is 5.32. The van der Waals surface area contributed by atoms with E-state index in [9.17, 15) is 19.2 Å². The van der Waals surface area contributed by atoms with Crippen molar-refractivity contribution in [1.82, 2.24) is 9.96 Å². The van der Waals surface area contributed by atoms with E-state index >= 15 is 0 Å². The molecule has 0 unspecified atom stereocenters. The highest BCUT2D eigenvalue weighted by Gasteiger charge is 2.32. The van der Waals surface area contributed by atoms with Crippen LogP contribution in [0.15, 0.2) is 52.8 Å². The van der Waals surface area contributed by atoms with E-state index in [0.717, 1.165) is 5.56 Å². The predicted molar refractivity (Wildman–Crippen MR) is 170 cm³/mol. The van der Waals surface area contributed by atoms with Crippen molar-refractivity contribution >= 4 is 34.7 Å². The Bertz CT molecular complexity index is 2150. The lowest BCUT2D eigenvalue weighted by molar-refractivity contribution is -0.496. The van der Waals surface area contributed by atoms with Crippen LogP contribution in [0.4, 0.5) is 0 Å². The van der Waals surface area contributed by atoms with Gasteiger partial charge in [-0.3, -0.25) is 14.4 Å². The zero-order valence-corrected chi connectivity index (χ0v) is 26.2. The Morgan fingerprint density at radius 3 is 2.44 bits per heavy atom. The van der Waals surface area contributed by atoms with Crippen molar-refractivity contribution < 1.29 is 41.6 Å². The average molecular weight is 617 g/mol. The zero-order valence-electron chi connectivity index (χ0n) is 32.2. The molecule has 0 aromatic heterocycles. The highest BCUT2D eigenvalue weighted by Crippen LogP contribution is 2.42. The summed E-state index contributed by atoms with van der Waals surface area (Å²) in [5, 5.41) is 1.39. The Balaban J connectivity index is 1.56.